The van der Waals surface area contributed by atoms with Crippen LogP contribution < -0.4 is 10.6 Å². The molecule has 1 aromatic carbocycles. The van der Waals surface area contributed by atoms with Gasteiger partial charge in [-0.1, -0.05) is 50.6 Å². The Kier molecular flexibility index (Phi) is 8.77. The molecule has 0 radical (unpaired) electrons. The van der Waals surface area contributed by atoms with Crippen LogP contribution >= 0.6 is 11.3 Å². The molecule has 146 valence electrons. The van der Waals surface area contributed by atoms with Crippen LogP contribution in [0.5, 0.6) is 0 Å². The molecular weight excluding hydrogens is 360 g/mol. The second-order valence-corrected chi connectivity index (χ2v) is 7.17. The number of nitrogens with zero attached hydrogens (tertiary/aromatic N) is 2. The number of amides is 2. The van der Waals surface area contributed by atoms with Crippen molar-refractivity contribution < 1.29 is 9.59 Å². The van der Waals surface area contributed by atoms with Crippen molar-refractivity contribution in [2.24, 2.45) is 0 Å². The van der Waals surface area contributed by atoms with Crippen LogP contribution in [0.2, 0.25) is 0 Å². The Morgan fingerprint density at radius 3 is 2.59 bits per heavy atom. The van der Waals surface area contributed by atoms with Gasteiger partial charge in [-0.2, -0.15) is 0 Å². The minimum absolute atomic E-state index is 0.0177. The minimum Gasteiger partial charge on any atom is -0.362 e. The third-order valence-corrected chi connectivity index (χ3v) is 4.74. The van der Waals surface area contributed by atoms with E-state index >= 15 is 0 Å². The normalized spacial score (nSPS) is 10.4. The summed E-state index contributed by atoms with van der Waals surface area (Å²) in [6.07, 6.45) is 3.01. The van der Waals surface area contributed by atoms with E-state index in [1.54, 1.807) is 10.3 Å². The molecule has 1 heterocycles. The highest BCUT2D eigenvalue weighted by molar-refractivity contribution is 7.13. The molecule has 0 saturated heterocycles. The summed E-state index contributed by atoms with van der Waals surface area (Å²) in [5.41, 5.74) is 1.35. The fourth-order valence-corrected chi connectivity index (χ4v) is 3.20. The van der Waals surface area contributed by atoms with Crippen LogP contribution in [0.15, 0.2) is 35.7 Å². The Labute approximate surface area is 165 Å². The molecule has 7 heteroatoms. The molecule has 6 nitrogen and oxygen atoms in total. The lowest BCUT2D eigenvalue weighted by atomic mass is 10.2. The molecule has 0 aliphatic carbocycles. The topological polar surface area (TPSA) is 74.3 Å². The van der Waals surface area contributed by atoms with Crippen molar-refractivity contribution in [3.05, 3.63) is 47.0 Å². The number of rotatable bonds is 11. The average Bonchev–Trinajstić information content (AvgIpc) is 3.15. The second-order valence-electron chi connectivity index (χ2n) is 6.31. The van der Waals surface area contributed by atoms with Gasteiger partial charge in [-0.25, -0.2) is 4.98 Å². The Hall–Kier alpha value is -2.41. The molecule has 27 heavy (non-hydrogen) atoms. The predicted molar refractivity (Wildman–Crippen MR) is 110 cm³/mol. The molecule has 0 spiro atoms. The Bertz CT molecular complexity index is 718. The van der Waals surface area contributed by atoms with Gasteiger partial charge in [0.15, 0.2) is 5.13 Å². The highest BCUT2D eigenvalue weighted by Gasteiger charge is 2.21. The largest absolute Gasteiger partial charge is 0.362 e. The van der Waals surface area contributed by atoms with E-state index in [1.807, 2.05) is 37.3 Å². The molecule has 2 aromatic rings. The monoisotopic (exact) mass is 388 g/mol. The summed E-state index contributed by atoms with van der Waals surface area (Å²) in [5.74, 6) is -0.386. The van der Waals surface area contributed by atoms with E-state index in [2.05, 4.69) is 22.5 Å². The maximum Gasteiger partial charge on any atom is 0.274 e. The number of anilines is 1. The van der Waals surface area contributed by atoms with Gasteiger partial charge in [0, 0.05) is 25.0 Å². The standard InChI is InChI=1S/C20H28N4O2S/c1-3-5-12-22-20-23-17(15-27-20)19(26)24(14-18(25)21-11-4-2)13-16-9-7-6-8-10-16/h6-10,15H,3-5,11-14H2,1-2H3,(H,21,25)(H,22,23). The lowest BCUT2D eigenvalue weighted by molar-refractivity contribution is -0.121. The average molecular weight is 389 g/mol. The number of nitrogens with one attached hydrogen (secondary N) is 2. The zero-order chi connectivity index (χ0) is 19.5. The number of thiazole rings is 1. The summed E-state index contributed by atoms with van der Waals surface area (Å²) in [6.45, 7) is 5.96. The molecule has 2 amide bonds. The first-order chi connectivity index (χ1) is 13.1. The Morgan fingerprint density at radius 1 is 1.11 bits per heavy atom. The number of carbonyl (C=O) groups excluding carboxylic acids is 2. The van der Waals surface area contributed by atoms with Gasteiger partial charge in [0.2, 0.25) is 5.91 Å². The number of benzene rings is 1. The molecule has 2 rings (SSSR count). The van der Waals surface area contributed by atoms with E-state index in [0.717, 1.165) is 36.5 Å². The summed E-state index contributed by atoms with van der Waals surface area (Å²) in [4.78, 5) is 31.1. The molecule has 0 aliphatic rings. The van der Waals surface area contributed by atoms with Gasteiger partial charge in [-0.3, -0.25) is 9.59 Å². The van der Waals surface area contributed by atoms with E-state index < -0.39 is 0 Å². The quantitative estimate of drug-likeness (QED) is 0.578. The van der Waals surface area contributed by atoms with E-state index in [9.17, 15) is 9.59 Å². The maximum absolute atomic E-state index is 13.0. The number of hydrogen-bond donors (Lipinski definition) is 2. The van der Waals surface area contributed by atoms with Crippen LogP contribution in [-0.4, -0.2) is 41.3 Å². The highest BCUT2D eigenvalue weighted by Crippen LogP contribution is 2.18. The minimum atomic E-state index is -0.231. The number of unbranched alkanes of at least 4 members (excludes halogenated alkanes) is 1. The number of carbonyl (C=O) groups is 2. The van der Waals surface area contributed by atoms with Gasteiger partial charge in [-0.15, -0.1) is 11.3 Å². The summed E-state index contributed by atoms with van der Waals surface area (Å²) in [5, 5.41) is 8.55. The lowest BCUT2D eigenvalue weighted by Crippen LogP contribution is -2.40. The second kappa shape index (κ2) is 11.3. The predicted octanol–water partition coefficient (Wildman–Crippen LogP) is 3.52. The van der Waals surface area contributed by atoms with Crippen LogP contribution in [0.3, 0.4) is 0 Å². The fourth-order valence-electron chi connectivity index (χ4n) is 2.48. The SMILES string of the molecule is CCCCNc1nc(C(=O)N(CC(=O)NCCC)Cc2ccccc2)cs1. The van der Waals surface area contributed by atoms with Crippen LogP contribution in [0.4, 0.5) is 5.13 Å². The van der Waals surface area contributed by atoms with Crippen LogP contribution in [0, 0.1) is 0 Å². The molecule has 0 unspecified atom stereocenters. The van der Waals surface area contributed by atoms with E-state index in [0.29, 0.717) is 18.8 Å². The first-order valence-corrected chi connectivity index (χ1v) is 10.3. The maximum atomic E-state index is 13.0. The fraction of sp³-hybridized carbons (Fsp3) is 0.450. The first-order valence-electron chi connectivity index (χ1n) is 9.43. The van der Waals surface area contributed by atoms with Gasteiger partial charge >= 0.3 is 0 Å². The van der Waals surface area contributed by atoms with Crippen LogP contribution in [0.1, 0.15) is 49.2 Å². The summed E-state index contributed by atoms with van der Waals surface area (Å²) >= 11 is 1.41. The molecular formula is C20H28N4O2S. The van der Waals surface area contributed by atoms with Gasteiger partial charge < -0.3 is 15.5 Å². The third kappa shape index (κ3) is 7.02. The summed E-state index contributed by atoms with van der Waals surface area (Å²) in [6, 6.07) is 9.67. The van der Waals surface area contributed by atoms with Crippen molar-refractivity contribution in [1.29, 1.82) is 0 Å². The van der Waals surface area contributed by atoms with Gasteiger partial charge in [0.25, 0.3) is 5.91 Å². The zero-order valence-corrected chi connectivity index (χ0v) is 16.8. The van der Waals surface area contributed by atoms with Gasteiger partial charge in [-0.05, 0) is 18.4 Å². The lowest BCUT2D eigenvalue weighted by Gasteiger charge is -2.21. The van der Waals surface area contributed by atoms with Crippen molar-refractivity contribution in [1.82, 2.24) is 15.2 Å². The van der Waals surface area contributed by atoms with Crippen LogP contribution in [0.25, 0.3) is 0 Å². The molecule has 0 bridgehead atoms. The van der Waals surface area contributed by atoms with Crippen molar-refractivity contribution in [2.45, 2.75) is 39.7 Å². The molecule has 1 aromatic heterocycles. The van der Waals surface area contributed by atoms with Gasteiger partial charge in [0.05, 0.1) is 0 Å². The number of aromatic nitrogens is 1. The molecule has 0 saturated carbocycles. The zero-order valence-electron chi connectivity index (χ0n) is 16.0. The van der Waals surface area contributed by atoms with Crippen molar-refractivity contribution in [3.8, 4) is 0 Å². The first kappa shape index (κ1) is 20.9. The van der Waals surface area contributed by atoms with Crippen molar-refractivity contribution >= 4 is 28.3 Å². The smallest absolute Gasteiger partial charge is 0.274 e. The molecule has 0 atom stereocenters. The summed E-state index contributed by atoms with van der Waals surface area (Å²) in [7, 11) is 0. The molecule has 2 N–H and O–H groups in total. The van der Waals surface area contributed by atoms with Crippen molar-refractivity contribution in [2.75, 3.05) is 25.0 Å². The van der Waals surface area contributed by atoms with E-state index in [1.165, 1.54) is 11.3 Å². The van der Waals surface area contributed by atoms with Gasteiger partial charge in [0.1, 0.15) is 12.2 Å². The third-order valence-electron chi connectivity index (χ3n) is 3.94. The molecule has 0 aliphatic heterocycles. The number of hydrogen-bond acceptors (Lipinski definition) is 5. The van der Waals surface area contributed by atoms with E-state index in [4.69, 9.17) is 0 Å². The van der Waals surface area contributed by atoms with Crippen molar-refractivity contribution in [3.63, 3.8) is 0 Å². The Morgan fingerprint density at radius 2 is 1.89 bits per heavy atom. The highest BCUT2D eigenvalue weighted by atomic mass is 32.1. The molecule has 0 fully saturated rings. The van der Waals surface area contributed by atoms with E-state index in [-0.39, 0.29) is 18.4 Å². The Balaban J connectivity index is 2.08. The summed E-state index contributed by atoms with van der Waals surface area (Å²) < 4.78 is 0. The van der Waals surface area contributed by atoms with Crippen LogP contribution in [-0.2, 0) is 11.3 Å².